The van der Waals surface area contributed by atoms with E-state index >= 15 is 0 Å². The number of hydrogen-bond donors (Lipinski definition) is 1. The summed E-state index contributed by atoms with van der Waals surface area (Å²) in [5, 5.41) is 0. The van der Waals surface area contributed by atoms with E-state index < -0.39 is 0 Å². The lowest BCUT2D eigenvalue weighted by atomic mass is 9.86. The van der Waals surface area contributed by atoms with Gasteiger partial charge in [-0.3, -0.25) is 0 Å². The second kappa shape index (κ2) is 2.83. The first-order valence-corrected chi connectivity index (χ1v) is 4.80. The first-order valence-electron chi connectivity index (χ1n) is 4.80. The van der Waals surface area contributed by atoms with E-state index in [1.807, 2.05) is 18.2 Å². The average Bonchev–Trinajstić information content (AvgIpc) is 2.38. The molecule has 0 heterocycles. The van der Waals surface area contributed by atoms with Gasteiger partial charge in [-0.25, -0.2) is 4.85 Å². The summed E-state index contributed by atoms with van der Waals surface area (Å²) in [6.07, 6.45) is 1.02. The van der Waals surface area contributed by atoms with Gasteiger partial charge in [0.1, 0.15) is 0 Å². The van der Waals surface area contributed by atoms with E-state index in [-0.39, 0.29) is 11.5 Å². The maximum Gasteiger partial charge on any atom is 0.187 e. The fourth-order valence-corrected chi connectivity index (χ4v) is 2.12. The van der Waals surface area contributed by atoms with Gasteiger partial charge in [-0.05, 0) is 23.0 Å². The average molecular weight is 186 g/mol. The van der Waals surface area contributed by atoms with E-state index in [0.29, 0.717) is 5.69 Å². The van der Waals surface area contributed by atoms with E-state index in [9.17, 15) is 0 Å². The molecule has 0 bridgehead atoms. The van der Waals surface area contributed by atoms with Gasteiger partial charge in [0.05, 0.1) is 6.57 Å². The minimum atomic E-state index is 0.0687. The minimum absolute atomic E-state index is 0.0687. The Labute approximate surface area is 84.6 Å². The number of rotatable bonds is 0. The second-order valence-corrected chi connectivity index (χ2v) is 4.64. The van der Waals surface area contributed by atoms with Crippen molar-refractivity contribution in [3.63, 3.8) is 0 Å². The van der Waals surface area contributed by atoms with Gasteiger partial charge in [0.25, 0.3) is 0 Å². The Morgan fingerprint density at radius 3 is 2.86 bits per heavy atom. The van der Waals surface area contributed by atoms with Crippen LogP contribution in [0.2, 0.25) is 0 Å². The zero-order chi connectivity index (χ0) is 10.3. The third-order valence-electron chi connectivity index (χ3n) is 3.08. The van der Waals surface area contributed by atoms with Gasteiger partial charge in [0.15, 0.2) is 5.69 Å². The molecule has 1 aromatic rings. The molecule has 0 fully saturated rings. The first-order chi connectivity index (χ1) is 6.54. The third kappa shape index (κ3) is 1.21. The van der Waals surface area contributed by atoms with Crippen molar-refractivity contribution in [3.05, 3.63) is 40.7 Å². The number of fused-ring (bicyclic) bond motifs is 1. The molecule has 0 spiro atoms. The molecule has 2 N–H and O–H groups in total. The van der Waals surface area contributed by atoms with Crippen LogP contribution in [-0.2, 0) is 6.42 Å². The highest BCUT2D eigenvalue weighted by Crippen LogP contribution is 2.44. The molecular formula is C12H14N2. The van der Waals surface area contributed by atoms with Crippen LogP contribution >= 0.6 is 0 Å². The molecule has 0 unspecified atom stereocenters. The number of nitrogens with zero attached hydrogens (tertiary/aromatic N) is 1. The van der Waals surface area contributed by atoms with Crippen LogP contribution in [0.4, 0.5) is 5.69 Å². The van der Waals surface area contributed by atoms with Crippen molar-refractivity contribution in [1.82, 2.24) is 0 Å². The van der Waals surface area contributed by atoms with Crippen molar-refractivity contribution in [2.24, 2.45) is 11.1 Å². The normalized spacial score (nSPS) is 22.9. The van der Waals surface area contributed by atoms with Crippen LogP contribution in [0, 0.1) is 12.0 Å². The molecule has 2 heteroatoms. The highest BCUT2D eigenvalue weighted by atomic mass is 14.7. The zero-order valence-electron chi connectivity index (χ0n) is 8.54. The predicted molar refractivity (Wildman–Crippen MR) is 57.1 cm³/mol. The predicted octanol–water partition coefficient (Wildman–Crippen LogP) is 2.82. The van der Waals surface area contributed by atoms with Crippen LogP contribution in [0.1, 0.15) is 31.0 Å². The molecule has 0 radical (unpaired) electrons. The lowest BCUT2D eigenvalue weighted by Gasteiger charge is -2.23. The van der Waals surface area contributed by atoms with E-state index in [2.05, 4.69) is 18.7 Å². The van der Waals surface area contributed by atoms with Crippen LogP contribution in [0.5, 0.6) is 0 Å². The zero-order valence-corrected chi connectivity index (χ0v) is 8.54. The Morgan fingerprint density at radius 2 is 2.21 bits per heavy atom. The Balaban J connectivity index is 2.52. The molecule has 2 rings (SSSR count). The lowest BCUT2D eigenvalue weighted by Crippen LogP contribution is -2.24. The van der Waals surface area contributed by atoms with Gasteiger partial charge in [-0.15, -0.1) is 0 Å². The topological polar surface area (TPSA) is 30.4 Å². The highest BCUT2D eigenvalue weighted by molar-refractivity contribution is 5.52. The Bertz CT molecular complexity index is 413. The van der Waals surface area contributed by atoms with Gasteiger partial charge in [-0.1, -0.05) is 32.0 Å². The fraction of sp³-hybridized carbons (Fsp3) is 0.417. The highest BCUT2D eigenvalue weighted by Gasteiger charge is 2.36. The third-order valence-corrected chi connectivity index (χ3v) is 3.08. The molecule has 1 atom stereocenters. The van der Waals surface area contributed by atoms with Gasteiger partial charge < -0.3 is 5.73 Å². The van der Waals surface area contributed by atoms with Crippen molar-refractivity contribution in [2.45, 2.75) is 26.3 Å². The van der Waals surface area contributed by atoms with Gasteiger partial charge >= 0.3 is 0 Å². The summed E-state index contributed by atoms with van der Waals surface area (Å²) in [5.74, 6) is 0. The van der Waals surface area contributed by atoms with E-state index in [1.165, 1.54) is 5.56 Å². The van der Waals surface area contributed by atoms with Crippen molar-refractivity contribution >= 4 is 5.69 Å². The fourth-order valence-electron chi connectivity index (χ4n) is 2.12. The van der Waals surface area contributed by atoms with Crippen molar-refractivity contribution in [2.75, 3.05) is 0 Å². The monoisotopic (exact) mass is 186 g/mol. The quantitative estimate of drug-likeness (QED) is 0.620. The molecule has 72 valence electrons. The van der Waals surface area contributed by atoms with Gasteiger partial charge in [0.2, 0.25) is 0 Å². The Kier molecular flexibility index (Phi) is 1.87. The molecule has 0 amide bonds. The molecule has 2 nitrogen and oxygen atoms in total. The molecule has 1 aliphatic carbocycles. The summed E-state index contributed by atoms with van der Waals surface area (Å²) >= 11 is 0. The lowest BCUT2D eigenvalue weighted by molar-refractivity contribution is 0.319. The molecular weight excluding hydrogens is 172 g/mol. The number of nitrogens with two attached hydrogens (primary N) is 1. The molecule has 0 aromatic heterocycles. The largest absolute Gasteiger partial charge is 0.324 e. The van der Waals surface area contributed by atoms with Crippen LogP contribution < -0.4 is 5.73 Å². The summed E-state index contributed by atoms with van der Waals surface area (Å²) in [5.41, 5.74) is 9.42. The van der Waals surface area contributed by atoms with E-state index in [1.54, 1.807) is 0 Å². The molecule has 1 aliphatic rings. The number of benzene rings is 1. The number of hydrogen-bond acceptors (Lipinski definition) is 1. The van der Waals surface area contributed by atoms with Crippen LogP contribution in [-0.4, -0.2) is 0 Å². The molecule has 14 heavy (non-hydrogen) atoms. The van der Waals surface area contributed by atoms with Gasteiger partial charge in [-0.2, -0.15) is 0 Å². The van der Waals surface area contributed by atoms with E-state index in [4.69, 9.17) is 12.3 Å². The Hall–Kier alpha value is -1.33. The van der Waals surface area contributed by atoms with Crippen LogP contribution in [0.25, 0.3) is 4.85 Å². The summed E-state index contributed by atoms with van der Waals surface area (Å²) in [6, 6.07) is 5.91. The van der Waals surface area contributed by atoms with Crippen molar-refractivity contribution in [3.8, 4) is 0 Å². The Morgan fingerprint density at radius 1 is 1.50 bits per heavy atom. The summed E-state index contributed by atoms with van der Waals surface area (Å²) < 4.78 is 0. The SMILES string of the molecule is [C-]#[N+]c1ccc2c(c1)[C@H](N)C(C)(C)C2. The summed E-state index contributed by atoms with van der Waals surface area (Å²) in [6.45, 7) is 11.3. The molecule has 0 saturated carbocycles. The van der Waals surface area contributed by atoms with Gasteiger partial charge in [0, 0.05) is 6.04 Å². The summed E-state index contributed by atoms with van der Waals surface area (Å²) in [4.78, 5) is 3.42. The maximum absolute atomic E-state index is 6.96. The van der Waals surface area contributed by atoms with Crippen LogP contribution in [0.15, 0.2) is 18.2 Å². The second-order valence-electron chi connectivity index (χ2n) is 4.64. The van der Waals surface area contributed by atoms with Crippen molar-refractivity contribution in [1.29, 1.82) is 0 Å². The first kappa shape index (κ1) is 9.23. The maximum atomic E-state index is 6.96. The molecule has 0 saturated heterocycles. The van der Waals surface area contributed by atoms with Crippen LogP contribution in [0.3, 0.4) is 0 Å². The standard InChI is InChI=1S/C12H14N2/c1-12(2)7-8-4-5-9(14-3)6-10(8)11(12)13/h4-6,11H,7,13H2,1-2H3/t11-/m0/s1. The van der Waals surface area contributed by atoms with E-state index in [0.717, 1.165) is 12.0 Å². The smallest absolute Gasteiger partial charge is 0.187 e. The molecule has 0 aliphatic heterocycles. The minimum Gasteiger partial charge on any atom is -0.324 e. The van der Waals surface area contributed by atoms with Crippen molar-refractivity contribution < 1.29 is 0 Å². The molecule has 1 aromatic carbocycles. The summed E-state index contributed by atoms with van der Waals surface area (Å²) in [7, 11) is 0.